The van der Waals surface area contributed by atoms with Crippen molar-refractivity contribution < 1.29 is 4.43 Å². The third-order valence-corrected chi connectivity index (χ3v) is 9.66. The topological polar surface area (TPSA) is 9.23 Å². The van der Waals surface area contributed by atoms with E-state index in [9.17, 15) is 0 Å². The maximum atomic E-state index is 6.48. The summed E-state index contributed by atoms with van der Waals surface area (Å²) in [5, 5.41) is 0.297. The third kappa shape index (κ3) is 3.17. The predicted molar refractivity (Wildman–Crippen MR) is 89.8 cm³/mol. The molecule has 1 aliphatic carbocycles. The van der Waals surface area contributed by atoms with Crippen molar-refractivity contribution in [2.24, 2.45) is 5.41 Å². The van der Waals surface area contributed by atoms with Crippen LogP contribution in [-0.2, 0) is 17.3 Å². The minimum absolute atomic E-state index is 0.283. The van der Waals surface area contributed by atoms with E-state index in [-0.39, 0.29) is 5.41 Å². The van der Waals surface area contributed by atoms with Gasteiger partial charge in [0.05, 0.1) is 0 Å². The third-order valence-electron chi connectivity index (χ3n) is 5.18. The summed E-state index contributed by atoms with van der Waals surface area (Å²) >= 11 is 0. The molecule has 1 atom stereocenters. The second kappa shape index (κ2) is 4.99. The Kier molecular flexibility index (Phi) is 3.94. The van der Waals surface area contributed by atoms with Gasteiger partial charge in [-0.05, 0) is 54.4 Å². The molecule has 112 valence electrons. The van der Waals surface area contributed by atoms with E-state index in [0.717, 1.165) is 13.0 Å². The van der Waals surface area contributed by atoms with Crippen molar-refractivity contribution in [1.29, 1.82) is 0 Å². The van der Waals surface area contributed by atoms with Crippen molar-refractivity contribution in [2.45, 2.75) is 65.6 Å². The van der Waals surface area contributed by atoms with Crippen molar-refractivity contribution in [3.63, 3.8) is 0 Å². The van der Waals surface area contributed by atoms with Gasteiger partial charge < -0.3 is 4.43 Å². The Bertz CT molecular complexity index is 499. The van der Waals surface area contributed by atoms with Crippen molar-refractivity contribution >= 4 is 8.32 Å². The molecule has 0 fully saturated rings. The Labute approximate surface area is 125 Å². The van der Waals surface area contributed by atoms with Crippen LogP contribution in [0.4, 0.5) is 0 Å². The molecular weight excluding hydrogens is 260 g/mol. The molecule has 1 aromatic carbocycles. The van der Waals surface area contributed by atoms with Crippen LogP contribution in [0.2, 0.25) is 18.1 Å². The van der Waals surface area contributed by atoms with Crippen LogP contribution >= 0.6 is 0 Å². The summed E-state index contributed by atoms with van der Waals surface area (Å²) in [6.07, 6.45) is 2.33. The number of benzene rings is 1. The van der Waals surface area contributed by atoms with E-state index in [1.54, 1.807) is 0 Å². The molecule has 0 heterocycles. The maximum absolute atomic E-state index is 6.48. The van der Waals surface area contributed by atoms with E-state index in [1.807, 2.05) is 0 Å². The molecule has 0 N–H and O–H groups in total. The Morgan fingerprint density at radius 2 is 1.75 bits per heavy atom. The fraction of sp³-hybridized carbons (Fsp3) is 0.667. The standard InChI is InChI=1S/C18H30OSi/c1-14-8-9-15-11-18(5,12-16(15)10-14)13-19-20(6,7)17(2,3)4/h8-10H,11-13H2,1-7H3. The highest BCUT2D eigenvalue weighted by Gasteiger charge is 2.40. The number of aryl methyl sites for hydroxylation is 1. The van der Waals surface area contributed by atoms with Gasteiger partial charge in [0.25, 0.3) is 0 Å². The first kappa shape index (κ1) is 15.8. The Balaban J connectivity index is 2.06. The molecule has 0 saturated carbocycles. The summed E-state index contributed by atoms with van der Waals surface area (Å²) in [5.41, 5.74) is 4.72. The van der Waals surface area contributed by atoms with E-state index < -0.39 is 8.32 Å². The fourth-order valence-corrected chi connectivity index (χ4v) is 3.89. The summed E-state index contributed by atoms with van der Waals surface area (Å²) in [6, 6.07) is 6.90. The zero-order chi connectivity index (χ0) is 15.2. The van der Waals surface area contributed by atoms with Gasteiger partial charge >= 0.3 is 0 Å². The Hall–Kier alpha value is -0.603. The molecule has 2 rings (SSSR count). The molecule has 0 amide bonds. The van der Waals surface area contributed by atoms with Crippen molar-refractivity contribution in [2.75, 3.05) is 6.61 Å². The smallest absolute Gasteiger partial charge is 0.192 e. The van der Waals surface area contributed by atoms with Gasteiger partial charge in [-0.15, -0.1) is 0 Å². The fourth-order valence-electron chi connectivity index (χ4n) is 2.75. The lowest BCUT2D eigenvalue weighted by atomic mass is 9.88. The Morgan fingerprint density at radius 3 is 2.35 bits per heavy atom. The first-order chi connectivity index (χ1) is 9.02. The number of fused-ring (bicyclic) bond motifs is 1. The lowest BCUT2D eigenvalue weighted by Crippen LogP contribution is -2.43. The van der Waals surface area contributed by atoms with E-state index >= 15 is 0 Å². The maximum Gasteiger partial charge on any atom is 0.192 e. The van der Waals surface area contributed by atoms with Gasteiger partial charge in [-0.2, -0.15) is 0 Å². The molecule has 1 nitrogen and oxygen atoms in total. The lowest BCUT2D eigenvalue weighted by Gasteiger charge is -2.39. The van der Waals surface area contributed by atoms with Crippen molar-refractivity contribution in [3.8, 4) is 0 Å². The molecule has 0 bridgehead atoms. The summed E-state index contributed by atoms with van der Waals surface area (Å²) < 4.78 is 6.48. The first-order valence-electron chi connectivity index (χ1n) is 7.75. The van der Waals surface area contributed by atoms with Gasteiger partial charge in [-0.1, -0.05) is 51.5 Å². The van der Waals surface area contributed by atoms with E-state index in [2.05, 4.69) is 65.9 Å². The normalized spacial score (nSPS) is 22.9. The van der Waals surface area contributed by atoms with Crippen LogP contribution in [0.15, 0.2) is 18.2 Å². The van der Waals surface area contributed by atoms with Crippen LogP contribution < -0.4 is 0 Å². The highest BCUT2D eigenvalue weighted by Crippen LogP contribution is 2.41. The lowest BCUT2D eigenvalue weighted by molar-refractivity contribution is 0.157. The SMILES string of the molecule is Cc1ccc2c(c1)CC(C)(CO[Si](C)(C)C(C)(C)C)C2. The molecular formula is C18H30OSi. The molecule has 0 saturated heterocycles. The molecule has 1 unspecified atom stereocenters. The molecule has 1 aliphatic rings. The summed E-state index contributed by atoms with van der Waals surface area (Å²) in [7, 11) is -1.63. The monoisotopic (exact) mass is 290 g/mol. The van der Waals surface area contributed by atoms with E-state index in [0.29, 0.717) is 5.04 Å². The quantitative estimate of drug-likeness (QED) is 0.702. The van der Waals surface area contributed by atoms with Crippen LogP contribution in [0.3, 0.4) is 0 Å². The van der Waals surface area contributed by atoms with Crippen molar-refractivity contribution in [3.05, 3.63) is 34.9 Å². The first-order valence-corrected chi connectivity index (χ1v) is 10.7. The van der Waals surface area contributed by atoms with E-state index in [4.69, 9.17) is 4.43 Å². The number of hydrogen-bond acceptors (Lipinski definition) is 1. The minimum Gasteiger partial charge on any atom is -0.416 e. The van der Waals surface area contributed by atoms with Crippen LogP contribution in [-0.4, -0.2) is 14.9 Å². The van der Waals surface area contributed by atoms with Crippen LogP contribution in [0.1, 0.15) is 44.4 Å². The Morgan fingerprint density at radius 1 is 1.15 bits per heavy atom. The molecule has 2 heteroatoms. The highest BCUT2D eigenvalue weighted by molar-refractivity contribution is 6.74. The number of rotatable bonds is 3. The van der Waals surface area contributed by atoms with Crippen LogP contribution in [0, 0.1) is 12.3 Å². The molecule has 0 radical (unpaired) electrons. The predicted octanol–water partition coefficient (Wildman–Crippen LogP) is 5.12. The average Bonchev–Trinajstić information content (AvgIpc) is 2.61. The van der Waals surface area contributed by atoms with Gasteiger partial charge in [-0.3, -0.25) is 0 Å². The van der Waals surface area contributed by atoms with E-state index in [1.165, 1.54) is 23.1 Å². The van der Waals surface area contributed by atoms with Gasteiger partial charge in [0.2, 0.25) is 0 Å². The van der Waals surface area contributed by atoms with Gasteiger partial charge in [0, 0.05) is 6.61 Å². The minimum atomic E-state index is -1.63. The van der Waals surface area contributed by atoms with Crippen LogP contribution in [0.25, 0.3) is 0 Å². The largest absolute Gasteiger partial charge is 0.416 e. The second-order valence-corrected chi connectivity index (χ2v) is 13.3. The van der Waals surface area contributed by atoms with Gasteiger partial charge in [-0.25, -0.2) is 0 Å². The molecule has 0 aromatic heterocycles. The molecule has 0 spiro atoms. The van der Waals surface area contributed by atoms with Crippen LogP contribution in [0.5, 0.6) is 0 Å². The molecule has 20 heavy (non-hydrogen) atoms. The summed E-state index contributed by atoms with van der Waals surface area (Å²) in [4.78, 5) is 0. The summed E-state index contributed by atoms with van der Waals surface area (Å²) in [5.74, 6) is 0. The zero-order valence-electron chi connectivity index (χ0n) is 14.3. The van der Waals surface area contributed by atoms with Gasteiger partial charge in [0.1, 0.15) is 0 Å². The molecule has 0 aliphatic heterocycles. The zero-order valence-corrected chi connectivity index (χ0v) is 15.3. The average molecular weight is 291 g/mol. The number of hydrogen-bond donors (Lipinski definition) is 0. The van der Waals surface area contributed by atoms with Crippen molar-refractivity contribution in [1.82, 2.24) is 0 Å². The van der Waals surface area contributed by atoms with Gasteiger partial charge in [0.15, 0.2) is 8.32 Å². The second-order valence-electron chi connectivity index (χ2n) is 8.49. The highest BCUT2D eigenvalue weighted by atomic mass is 28.4. The molecule has 1 aromatic rings. The summed E-state index contributed by atoms with van der Waals surface area (Å²) in [6.45, 7) is 17.1.